The van der Waals surface area contributed by atoms with Gasteiger partial charge in [-0.25, -0.2) is 9.59 Å². The minimum Gasteiger partial charge on any atom is -0.460 e. The lowest BCUT2D eigenvalue weighted by atomic mass is 9.89. The fraction of sp³-hybridized carbons (Fsp3) is 0.500. The van der Waals surface area contributed by atoms with Crippen molar-refractivity contribution in [3.8, 4) is 5.75 Å². The van der Waals surface area contributed by atoms with E-state index in [2.05, 4.69) is 0 Å². The van der Waals surface area contributed by atoms with Crippen molar-refractivity contribution in [1.82, 2.24) is 0 Å². The molecule has 1 unspecified atom stereocenters. The Morgan fingerprint density at radius 2 is 1.79 bits per heavy atom. The first kappa shape index (κ1) is 18.8. The summed E-state index contributed by atoms with van der Waals surface area (Å²) < 4.78 is 33.6. The van der Waals surface area contributed by atoms with Crippen molar-refractivity contribution >= 4 is 17.1 Å². The van der Waals surface area contributed by atoms with Gasteiger partial charge >= 0.3 is 11.8 Å². The monoisotopic (exact) mass is 390 g/mol. The minimum absolute atomic E-state index is 0.399. The van der Waals surface area contributed by atoms with E-state index in [0.717, 1.165) is 5.39 Å². The highest BCUT2D eigenvalue weighted by Crippen LogP contribution is 2.39. The molecule has 4 atom stereocenters. The van der Waals surface area contributed by atoms with Crippen LogP contribution >= 0.6 is 0 Å². The van der Waals surface area contributed by atoms with Crippen molar-refractivity contribution in [2.75, 3.05) is 7.11 Å². The zero-order chi connectivity index (χ0) is 20.2. The molecule has 2 aliphatic heterocycles. The van der Waals surface area contributed by atoms with Crippen LogP contribution in [0.3, 0.4) is 0 Å². The molecule has 1 aromatic carbocycles. The fourth-order valence-corrected chi connectivity index (χ4v) is 3.83. The second-order valence-electron chi connectivity index (χ2n) is 7.60. The van der Waals surface area contributed by atoms with Crippen LogP contribution in [0.4, 0.5) is 4.79 Å². The molecule has 3 heterocycles. The quantitative estimate of drug-likeness (QED) is 0.583. The summed E-state index contributed by atoms with van der Waals surface area (Å²) in [5.74, 6) is 0.456. The Labute approximate surface area is 161 Å². The lowest BCUT2D eigenvalue weighted by Gasteiger charge is -2.45. The summed E-state index contributed by atoms with van der Waals surface area (Å²) in [5, 5.41) is 0.791. The Morgan fingerprint density at radius 1 is 1.07 bits per heavy atom. The van der Waals surface area contributed by atoms with Crippen LogP contribution in [0.15, 0.2) is 27.4 Å². The molecule has 2 aliphatic rings. The van der Waals surface area contributed by atoms with Gasteiger partial charge in [0.15, 0.2) is 6.10 Å². The number of ether oxygens (including phenoxy) is 5. The largest absolute Gasteiger partial charge is 0.509 e. The summed E-state index contributed by atoms with van der Waals surface area (Å²) in [7, 11) is 1.53. The molecule has 2 saturated heterocycles. The van der Waals surface area contributed by atoms with Gasteiger partial charge in [0.2, 0.25) is 12.4 Å². The van der Waals surface area contributed by atoms with Gasteiger partial charge < -0.3 is 28.1 Å². The lowest BCUT2D eigenvalue weighted by Crippen LogP contribution is -2.62. The van der Waals surface area contributed by atoms with Gasteiger partial charge in [0.25, 0.3) is 0 Å². The molecule has 28 heavy (non-hydrogen) atoms. The third-order valence-corrected chi connectivity index (χ3v) is 5.23. The van der Waals surface area contributed by atoms with Gasteiger partial charge in [-0.15, -0.1) is 0 Å². The number of carbonyl (C=O) groups excluding carboxylic acids is 1. The number of fused-ring (bicyclic) bond motifs is 2. The second kappa shape index (κ2) is 6.49. The number of benzene rings is 1. The lowest BCUT2D eigenvalue weighted by molar-refractivity contribution is -0.282. The van der Waals surface area contributed by atoms with Crippen molar-refractivity contribution in [2.45, 2.75) is 57.9 Å². The molecule has 0 radical (unpaired) electrons. The third-order valence-electron chi connectivity index (χ3n) is 5.23. The predicted molar refractivity (Wildman–Crippen MR) is 97.5 cm³/mol. The normalized spacial score (nSPS) is 28.5. The Hall–Kier alpha value is -2.58. The van der Waals surface area contributed by atoms with Crippen LogP contribution in [-0.2, 0) is 18.9 Å². The van der Waals surface area contributed by atoms with Crippen molar-refractivity contribution in [1.29, 1.82) is 0 Å². The first-order chi connectivity index (χ1) is 13.2. The SMILES string of the molecule is CO[C@@H]1[C@H]2OC(=O)OC2[C@H](Oc2ccc3cc(C)c(=O)oc3c2C)OC1(C)C. The van der Waals surface area contributed by atoms with Crippen LogP contribution in [0, 0.1) is 13.8 Å². The zero-order valence-corrected chi connectivity index (χ0v) is 16.3. The average molecular weight is 390 g/mol. The standard InChI is InChI=1S/C20H22O8/c1-9-8-11-6-7-12(10(2)13(11)25-17(9)21)24-18-15-14(26-19(22)27-15)16(23-5)20(3,4)28-18/h6-8,14-16,18H,1-5H3/t14-,15?,16+,18+/m0/s1. The molecule has 0 spiro atoms. The number of hydrogen-bond acceptors (Lipinski definition) is 8. The number of carbonyl (C=O) groups is 1. The Morgan fingerprint density at radius 3 is 2.50 bits per heavy atom. The summed E-state index contributed by atoms with van der Waals surface area (Å²) in [6, 6.07) is 5.33. The van der Waals surface area contributed by atoms with Crippen LogP contribution in [0.2, 0.25) is 0 Å². The highest BCUT2D eigenvalue weighted by molar-refractivity contribution is 5.82. The maximum Gasteiger partial charge on any atom is 0.509 e. The molecule has 4 rings (SSSR count). The van der Waals surface area contributed by atoms with Crippen molar-refractivity contribution in [3.05, 3.63) is 39.7 Å². The van der Waals surface area contributed by atoms with E-state index in [4.69, 9.17) is 28.1 Å². The smallest absolute Gasteiger partial charge is 0.460 e. The van der Waals surface area contributed by atoms with Crippen LogP contribution in [-0.4, -0.2) is 43.5 Å². The molecule has 2 aromatic rings. The van der Waals surface area contributed by atoms with E-state index in [0.29, 0.717) is 22.5 Å². The summed E-state index contributed by atoms with van der Waals surface area (Å²) >= 11 is 0. The van der Waals surface area contributed by atoms with Crippen LogP contribution in [0.25, 0.3) is 11.0 Å². The van der Waals surface area contributed by atoms with E-state index >= 15 is 0 Å². The van der Waals surface area contributed by atoms with Crippen LogP contribution < -0.4 is 10.4 Å². The zero-order valence-electron chi connectivity index (χ0n) is 16.3. The third kappa shape index (κ3) is 2.93. The van der Waals surface area contributed by atoms with Gasteiger partial charge in [0.05, 0.1) is 5.60 Å². The van der Waals surface area contributed by atoms with Crippen LogP contribution in [0.1, 0.15) is 25.0 Å². The van der Waals surface area contributed by atoms with Crippen LogP contribution in [0.5, 0.6) is 5.75 Å². The summed E-state index contributed by atoms with van der Waals surface area (Å²) in [6.07, 6.45) is -3.66. The van der Waals surface area contributed by atoms with Crippen molar-refractivity contribution < 1.29 is 32.9 Å². The van der Waals surface area contributed by atoms with E-state index in [9.17, 15) is 9.59 Å². The number of aryl methyl sites for hydroxylation is 2. The number of hydrogen-bond donors (Lipinski definition) is 0. The predicted octanol–water partition coefficient (Wildman–Crippen LogP) is 2.84. The highest BCUT2D eigenvalue weighted by atomic mass is 16.8. The molecule has 0 saturated carbocycles. The molecule has 0 bridgehead atoms. The Kier molecular flexibility index (Phi) is 4.35. The second-order valence-corrected chi connectivity index (χ2v) is 7.60. The average Bonchev–Trinajstić information content (AvgIpc) is 3.00. The maximum atomic E-state index is 11.9. The van der Waals surface area contributed by atoms with E-state index in [1.54, 1.807) is 32.0 Å². The van der Waals surface area contributed by atoms with E-state index < -0.39 is 42.0 Å². The molecule has 150 valence electrons. The highest BCUT2D eigenvalue weighted by Gasteiger charge is 2.58. The van der Waals surface area contributed by atoms with Crippen molar-refractivity contribution in [3.63, 3.8) is 0 Å². The van der Waals surface area contributed by atoms with Crippen molar-refractivity contribution in [2.24, 2.45) is 0 Å². The summed E-state index contributed by atoms with van der Waals surface area (Å²) in [5.41, 5.74) is 0.425. The minimum atomic E-state index is -0.911. The molecular weight excluding hydrogens is 368 g/mol. The van der Waals surface area contributed by atoms with Gasteiger partial charge in [-0.3, -0.25) is 0 Å². The Balaban J connectivity index is 1.70. The topological polar surface area (TPSA) is 93.4 Å². The van der Waals surface area contributed by atoms with Gasteiger partial charge in [-0.2, -0.15) is 0 Å². The van der Waals surface area contributed by atoms with Gasteiger partial charge in [0.1, 0.15) is 17.4 Å². The summed E-state index contributed by atoms with van der Waals surface area (Å²) in [4.78, 5) is 23.6. The Bertz CT molecular complexity index is 992. The molecule has 8 nitrogen and oxygen atoms in total. The fourth-order valence-electron chi connectivity index (χ4n) is 3.83. The van der Waals surface area contributed by atoms with Gasteiger partial charge in [-0.1, -0.05) is 0 Å². The molecule has 1 aromatic heterocycles. The van der Waals surface area contributed by atoms with E-state index in [1.807, 2.05) is 13.8 Å². The van der Waals surface area contributed by atoms with E-state index in [-0.39, 0.29) is 0 Å². The van der Waals surface area contributed by atoms with E-state index in [1.165, 1.54) is 7.11 Å². The molecule has 0 amide bonds. The first-order valence-electron chi connectivity index (χ1n) is 9.00. The summed E-state index contributed by atoms with van der Waals surface area (Å²) in [6.45, 7) is 7.14. The molecular formula is C20H22O8. The maximum absolute atomic E-state index is 11.9. The van der Waals surface area contributed by atoms with Gasteiger partial charge in [0, 0.05) is 23.6 Å². The number of rotatable bonds is 3. The molecule has 0 aliphatic carbocycles. The molecule has 2 fully saturated rings. The number of methoxy groups -OCH3 is 1. The van der Waals surface area contributed by atoms with Gasteiger partial charge in [-0.05, 0) is 45.9 Å². The molecule has 8 heteroatoms. The molecule has 0 N–H and O–H groups in total. The first-order valence-corrected chi connectivity index (χ1v) is 9.00.